The minimum absolute atomic E-state index is 0.198. The first-order chi connectivity index (χ1) is 11.2. The molecule has 0 atom stereocenters. The molecule has 0 aliphatic rings. The Morgan fingerprint density at radius 2 is 1.58 bits per heavy atom. The monoisotopic (exact) mass is 325 g/mol. The van der Waals surface area contributed by atoms with Crippen molar-refractivity contribution in [3.8, 4) is 5.75 Å². The summed E-state index contributed by atoms with van der Waals surface area (Å²) in [5.41, 5.74) is 2.88. The van der Waals surface area contributed by atoms with Gasteiger partial charge < -0.3 is 10.1 Å². The van der Waals surface area contributed by atoms with Gasteiger partial charge in [-0.2, -0.15) is 0 Å². The van der Waals surface area contributed by atoms with E-state index < -0.39 is 5.41 Å². The number of rotatable bonds is 3. The summed E-state index contributed by atoms with van der Waals surface area (Å²) in [6.45, 7) is 9.34. The van der Waals surface area contributed by atoms with Crippen molar-refractivity contribution in [2.45, 2.75) is 34.6 Å². The van der Waals surface area contributed by atoms with Crippen molar-refractivity contribution in [2.75, 3.05) is 5.32 Å². The Morgan fingerprint density at radius 3 is 2.12 bits per heavy atom. The summed E-state index contributed by atoms with van der Waals surface area (Å²) in [6, 6.07) is 12.4. The number of amides is 1. The third kappa shape index (κ3) is 4.44. The van der Waals surface area contributed by atoms with Gasteiger partial charge in [-0.1, -0.05) is 17.7 Å². The van der Waals surface area contributed by atoms with Crippen LogP contribution in [0.1, 0.15) is 42.3 Å². The summed E-state index contributed by atoms with van der Waals surface area (Å²) in [7, 11) is 0. The first-order valence-corrected chi connectivity index (χ1v) is 7.88. The molecule has 0 aliphatic carbocycles. The van der Waals surface area contributed by atoms with Gasteiger partial charge in [0.25, 0.3) is 5.91 Å². The molecule has 4 nitrogen and oxygen atoms in total. The van der Waals surface area contributed by atoms with E-state index in [1.807, 2.05) is 32.0 Å². The fraction of sp³-hybridized carbons (Fsp3) is 0.300. The maximum atomic E-state index is 12.3. The van der Waals surface area contributed by atoms with Crippen LogP contribution in [0.2, 0.25) is 0 Å². The first kappa shape index (κ1) is 17.7. The van der Waals surface area contributed by atoms with Gasteiger partial charge >= 0.3 is 5.97 Å². The van der Waals surface area contributed by atoms with Crippen molar-refractivity contribution >= 4 is 17.6 Å². The van der Waals surface area contributed by atoms with E-state index in [9.17, 15) is 9.59 Å². The zero-order chi connectivity index (χ0) is 17.9. The molecule has 0 bridgehead atoms. The van der Waals surface area contributed by atoms with Crippen LogP contribution in [0, 0.1) is 19.3 Å². The highest BCUT2D eigenvalue weighted by Gasteiger charge is 2.23. The number of nitrogens with one attached hydrogen (secondary N) is 1. The van der Waals surface area contributed by atoms with Crippen molar-refractivity contribution in [3.63, 3.8) is 0 Å². The van der Waals surface area contributed by atoms with Gasteiger partial charge in [0.05, 0.1) is 5.41 Å². The highest BCUT2D eigenvalue weighted by atomic mass is 16.5. The predicted octanol–water partition coefficient (Wildman–Crippen LogP) is 4.51. The molecule has 0 heterocycles. The standard InChI is InChI=1S/C20H23NO3/c1-13-6-11-17(14(2)12-13)21-18(22)15-7-9-16(10-8-15)24-19(23)20(3,4)5/h6-12H,1-5H3,(H,21,22). The molecule has 126 valence electrons. The van der Waals surface area contributed by atoms with E-state index in [4.69, 9.17) is 4.74 Å². The van der Waals surface area contributed by atoms with Crippen LogP contribution in [0.4, 0.5) is 5.69 Å². The minimum atomic E-state index is -0.570. The lowest BCUT2D eigenvalue weighted by Gasteiger charge is -2.16. The van der Waals surface area contributed by atoms with Crippen LogP contribution in [-0.2, 0) is 4.79 Å². The van der Waals surface area contributed by atoms with Crippen LogP contribution < -0.4 is 10.1 Å². The van der Waals surface area contributed by atoms with Crippen LogP contribution in [0.15, 0.2) is 42.5 Å². The van der Waals surface area contributed by atoms with Crippen LogP contribution >= 0.6 is 0 Å². The zero-order valence-electron chi connectivity index (χ0n) is 14.8. The van der Waals surface area contributed by atoms with Crippen molar-refractivity contribution in [3.05, 3.63) is 59.2 Å². The topological polar surface area (TPSA) is 55.4 Å². The van der Waals surface area contributed by atoms with Crippen LogP contribution in [0.25, 0.3) is 0 Å². The molecular formula is C20H23NO3. The second kappa shape index (κ2) is 6.87. The Labute approximate surface area is 142 Å². The van der Waals surface area contributed by atoms with Crippen LogP contribution in [0.3, 0.4) is 0 Å². The Balaban J connectivity index is 2.07. The van der Waals surface area contributed by atoms with Gasteiger partial charge in [0.1, 0.15) is 5.75 Å². The van der Waals surface area contributed by atoms with Crippen molar-refractivity contribution in [1.29, 1.82) is 0 Å². The maximum absolute atomic E-state index is 12.3. The minimum Gasteiger partial charge on any atom is -0.426 e. The SMILES string of the molecule is Cc1ccc(NC(=O)c2ccc(OC(=O)C(C)(C)C)cc2)c(C)c1. The molecule has 1 N–H and O–H groups in total. The van der Waals surface area contributed by atoms with E-state index in [1.54, 1.807) is 45.0 Å². The lowest BCUT2D eigenvalue weighted by molar-refractivity contribution is -0.142. The second-order valence-corrected chi connectivity index (χ2v) is 6.94. The third-order valence-corrected chi connectivity index (χ3v) is 3.57. The largest absolute Gasteiger partial charge is 0.426 e. The molecule has 0 spiro atoms. The van der Waals surface area contributed by atoms with E-state index >= 15 is 0 Å². The Morgan fingerprint density at radius 1 is 0.958 bits per heavy atom. The van der Waals surface area contributed by atoms with Crippen molar-refractivity contribution in [1.82, 2.24) is 0 Å². The lowest BCUT2D eigenvalue weighted by Crippen LogP contribution is -2.25. The van der Waals surface area contributed by atoms with E-state index in [-0.39, 0.29) is 11.9 Å². The fourth-order valence-corrected chi connectivity index (χ4v) is 2.08. The second-order valence-electron chi connectivity index (χ2n) is 6.94. The van der Waals surface area contributed by atoms with E-state index in [1.165, 1.54) is 0 Å². The number of hydrogen-bond acceptors (Lipinski definition) is 3. The quantitative estimate of drug-likeness (QED) is 0.667. The summed E-state index contributed by atoms with van der Waals surface area (Å²) in [5, 5.41) is 2.89. The molecule has 4 heteroatoms. The molecule has 0 unspecified atom stereocenters. The molecule has 2 rings (SSSR count). The van der Waals surface area contributed by atoms with E-state index in [2.05, 4.69) is 5.32 Å². The molecule has 0 aromatic heterocycles. The number of carbonyl (C=O) groups is 2. The van der Waals surface area contributed by atoms with Gasteiger partial charge in [-0.05, 0) is 70.5 Å². The van der Waals surface area contributed by atoms with E-state index in [0.717, 1.165) is 16.8 Å². The molecule has 1 amide bonds. The summed E-state index contributed by atoms with van der Waals surface area (Å²) >= 11 is 0. The first-order valence-electron chi connectivity index (χ1n) is 7.88. The smallest absolute Gasteiger partial charge is 0.316 e. The average molecular weight is 325 g/mol. The number of carbonyl (C=O) groups excluding carboxylic acids is 2. The maximum Gasteiger partial charge on any atom is 0.316 e. The highest BCUT2D eigenvalue weighted by molar-refractivity contribution is 6.04. The van der Waals surface area contributed by atoms with Gasteiger partial charge in [0.15, 0.2) is 0 Å². The van der Waals surface area contributed by atoms with Crippen LogP contribution in [0.5, 0.6) is 5.75 Å². The molecule has 2 aromatic rings. The lowest BCUT2D eigenvalue weighted by atomic mass is 9.97. The van der Waals surface area contributed by atoms with Gasteiger partial charge in [-0.15, -0.1) is 0 Å². The number of aryl methyl sites for hydroxylation is 2. The molecule has 24 heavy (non-hydrogen) atoms. The number of anilines is 1. The average Bonchev–Trinajstić information content (AvgIpc) is 2.49. The van der Waals surface area contributed by atoms with Crippen molar-refractivity contribution < 1.29 is 14.3 Å². The molecule has 0 radical (unpaired) electrons. The predicted molar refractivity (Wildman–Crippen MR) is 95.4 cm³/mol. The van der Waals surface area contributed by atoms with Gasteiger partial charge in [-0.3, -0.25) is 9.59 Å². The Hall–Kier alpha value is -2.62. The van der Waals surface area contributed by atoms with Gasteiger partial charge in [-0.25, -0.2) is 0 Å². The Bertz CT molecular complexity index is 755. The summed E-state index contributed by atoms with van der Waals surface area (Å²) in [5.74, 6) is -0.0800. The Kier molecular flexibility index (Phi) is 5.07. The molecule has 0 aliphatic heterocycles. The molecule has 2 aromatic carbocycles. The highest BCUT2D eigenvalue weighted by Crippen LogP contribution is 2.21. The molecular weight excluding hydrogens is 302 g/mol. The zero-order valence-corrected chi connectivity index (χ0v) is 14.8. The molecule has 0 fully saturated rings. The van der Waals surface area contributed by atoms with Crippen molar-refractivity contribution in [2.24, 2.45) is 5.41 Å². The number of ether oxygens (including phenoxy) is 1. The third-order valence-electron chi connectivity index (χ3n) is 3.57. The number of benzene rings is 2. The van der Waals surface area contributed by atoms with Gasteiger partial charge in [0.2, 0.25) is 0 Å². The number of hydrogen-bond donors (Lipinski definition) is 1. The fourth-order valence-electron chi connectivity index (χ4n) is 2.08. The van der Waals surface area contributed by atoms with Crippen LogP contribution in [-0.4, -0.2) is 11.9 Å². The summed E-state index contributed by atoms with van der Waals surface area (Å²) in [6.07, 6.45) is 0. The van der Waals surface area contributed by atoms with Gasteiger partial charge in [0, 0.05) is 11.3 Å². The summed E-state index contributed by atoms with van der Waals surface area (Å²) < 4.78 is 5.29. The normalized spacial score (nSPS) is 11.0. The summed E-state index contributed by atoms with van der Waals surface area (Å²) in [4.78, 5) is 24.2. The number of esters is 1. The molecule has 0 saturated carbocycles. The molecule has 0 saturated heterocycles. The van der Waals surface area contributed by atoms with E-state index in [0.29, 0.717) is 11.3 Å².